The second-order valence-electron chi connectivity index (χ2n) is 4.18. The number of nitrogens with zero attached hydrogens (tertiary/aromatic N) is 2. The molecule has 1 N–H and O–H groups in total. The van der Waals surface area contributed by atoms with Crippen LogP contribution in [0.4, 0.5) is 0 Å². The van der Waals surface area contributed by atoms with E-state index >= 15 is 0 Å². The number of halogens is 1. The van der Waals surface area contributed by atoms with Crippen LogP contribution < -0.4 is 5.32 Å². The summed E-state index contributed by atoms with van der Waals surface area (Å²) in [4.78, 5) is 6.73. The predicted molar refractivity (Wildman–Crippen MR) is 69.1 cm³/mol. The Bertz CT molecular complexity index is 323. The molecule has 0 amide bonds. The van der Waals surface area contributed by atoms with Crippen molar-refractivity contribution < 1.29 is 0 Å². The van der Waals surface area contributed by atoms with Gasteiger partial charge in [-0.2, -0.15) is 0 Å². The molecule has 1 atom stereocenters. The van der Waals surface area contributed by atoms with E-state index in [2.05, 4.69) is 22.1 Å². The number of hydrogen-bond acceptors (Lipinski definition) is 4. The first kappa shape index (κ1) is 12.3. The zero-order chi connectivity index (χ0) is 11.4. The fourth-order valence-corrected chi connectivity index (χ4v) is 3.08. The maximum atomic E-state index is 5.88. The predicted octanol–water partition coefficient (Wildman–Crippen LogP) is 2.37. The monoisotopic (exact) mass is 259 g/mol. The summed E-state index contributed by atoms with van der Waals surface area (Å²) in [6, 6.07) is 0.662. The number of aromatic nitrogens is 1. The van der Waals surface area contributed by atoms with E-state index < -0.39 is 0 Å². The summed E-state index contributed by atoms with van der Waals surface area (Å²) < 4.78 is 0.782. The van der Waals surface area contributed by atoms with Crippen LogP contribution in [0.1, 0.15) is 24.8 Å². The lowest BCUT2D eigenvalue weighted by molar-refractivity contribution is 0.253. The molecule has 1 aliphatic rings. The van der Waals surface area contributed by atoms with Crippen molar-refractivity contribution >= 4 is 22.9 Å². The second kappa shape index (κ2) is 5.96. The summed E-state index contributed by atoms with van der Waals surface area (Å²) in [6.07, 6.45) is 4.35. The minimum absolute atomic E-state index is 0.662. The zero-order valence-electron chi connectivity index (χ0n) is 9.58. The molecule has 0 spiro atoms. The highest BCUT2D eigenvalue weighted by Gasteiger charge is 2.17. The van der Waals surface area contributed by atoms with E-state index in [0.29, 0.717) is 6.04 Å². The van der Waals surface area contributed by atoms with E-state index in [4.69, 9.17) is 11.6 Å². The zero-order valence-corrected chi connectivity index (χ0v) is 11.2. The minimum atomic E-state index is 0.662. The molecule has 2 heterocycles. The summed E-state index contributed by atoms with van der Waals surface area (Å²) >= 11 is 7.46. The van der Waals surface area contributed by atoms with Gasteiger partial charge in [0.2, 0.25) is 0 Å². The maximum absolute atomic E-state index is 5.88. The van der Waals surface area contributed by atoms with Crippen molar-refractivity contribution in [1.29, 1.82) is 0 Å². The highest BCUT2D eigenvalue weighted by atomic mass is 35.5. The molecule has 0 radical (unpaired) electrons. The molecule has 1 aromatic rings. The molecule has 1 fully saturated rings. The summed E-state index contributed by atoms with van der Waals surface area (Å²) in [5, 5.41) is 4.64. The van der Waals surface area contributed by atoms with Crippen LogP contribution in [0, 0.1) is 0 Å². The van der Waals surface area contributed by atoms with E-state index in [1.807, 2.05) is 0 Å². The normalized spacial score (nSPS) is 20.8. The molecule has 1 aliphatic heterocycles. The Morgan fingerprint density at radius 1 is 1.69 bits per heavy atom. The van der Waals surface area contributed by atoms with Crippen molar-refractivity contribution in [2.24, 2.45) is 0 Å². The number of rotatable bonds is 5. The number of nitrogens with one attached hydrogen (secondary N) is 1. The SMILES string of the molecule is CCN(Cc1ncc(Cl)s1)CC1CCCN1. The van der Waals surface area contributed by atoms with E-state index in [9.17, 15) is 0 Å². The quantitative estimate of drug-likeness (QED) is 0.880. The Labute approximate surface area is 106 Å². The van der Waals surface area contributed by atoms with Gasteiger partial charge in [-0.25, -0.2) is 4.98 Å². The minimum Gasteiger partial charge on any atom is -0.313 e. The third kappa shape index (κ3) is 3.42. The maximum Gasteiger partial charge on any atom is 0.113 e. The van der Waals surface area contributed by atoms with Crippen LogP contribution in [-0.4, -0.2) is 35.6 Å². The lowest BCUT2D eigenvalue weighted by atomic mass is 10.2. The lowest BCUT2D eigenvalue weighted by Crippen LogP contribution is -2.37. The van der Waals surface area contributed by atoms with Crippen molar-refractivity contribution in [2.75, 3.05) is 19.6 Å². The Morgan fingerprint density at radius 3 is 3.12 bits per heavy atom. The van der Waals surface area contributed by atoms with Gasteiger partial charge in [-0.1, -0.05) is 18.5 Å². The van der Waals surface area contributed by atoms with Crippen molar-refractivity contribution in [3.8, 4) is 0 Å². The van der Waals surface area contributed by atoms with Gasteiger partial charge in [0.25, 0.3) is 0 Å². The molecule has 1 saturated heterocycles. The van der Waals surface area contributed by atoms with Crippen molar-refractivity contribution in [2.45, 2.75) is 32.4 Å². The fourth-order valence-electron chi connectivity index (χ4n) is 2.08. The van der Waals surface area contributed by atoms with Crippen molar-refractivity contribution in [3.63, 3.8) is 0 Å². The molecular formula is C11H18ClN3S. The Balaban J connectivity index is 1.84. The molecule has 2 rings (SSSR count). The van der Waals surface area contributed by atoms with Gasteiger partial charge in [0.1, 0.15) is 9.34 Å². The van der Waals surface area contributed by atoms with Crippen LogP contribution in [0.2, 0.25) is 4.34 Å². The average molecular weight is 260 g/mol. The van der Waals surface area contributed by atoms with Crippen LogP contribution in [0.5, 0.6) is 0 Å². The van der Waals surface area contributed by atoms with Crippen molar-refractivity contribution in [3.05, 3.63) is 15.5 Å². The van der Waals surface area contributed by atoms with Crippen LogP contribution in [0.3, 0.4) is 0 Å². The molecule has 1 aromatic heterocycles. The van der Waals surface area contributed by atoms with Crippen molar-refractivity contribution in [1.82, 2.24) is 15.2 Å². The first-order valence-electron chi connectivity index (χ1n) is 5.84. The van der Waals surface area contributed by atoms with Crippen LogP contribution >= 0.6 is 22.9 Å². The molecule has 1 unspecified atom stereocenters. The largest absolute Gasteiger partial charge is 0.313 e. The summed E-state index contributed by atoms with van der Waals surface area (Å²) in [5.41, 5.74) is 0. The Kier molecular flexibility index (Phi) is 4.58. The smallest absolute Gasteiger partial charge is 0.113 e. The lowest BCUT2D eigenvalue weighted by Gasteiger charge is -2.22. The van der Waals surface area contributed by atoms with E-state index in [-0.39, 0.29) is 0 Å². The second-order valence-corrected chi connectivity index (χ2v) is 5.93. The highest BCUT2D eigenvalue weighted by molar-refractivity contribution is 7.15. The van der Waals surface area contributed by atoms with Gasteiger partial charge < -0.3 is 5.32 Å². The summed E-state index contributed by atoms with van der Waals surface area (Å²) in [5.74, 6) is 0. The van der Waals surface area contributed by atoms with Gasteiger partial charge in [-0.05, 0) is 25.9 Å². The average Bonchev–Trinajstić information content (AvgIpc) is 2.89. The van der Waals surface area contributed by atoms with Crippen LogP contribution in [0.15, 0.2) is 6.20 Å². The molecular weight excluding hydrogens is 242 g/mol. The third-order valence-corrected chi connectivity index (χ3v) is 4.07. The summed E-state index contributed by atoms with van der Waals surface area (Å²) in [7, 11) is 0. The van der Waals surface area contributed by atoms with Gasteiger partial charge in [-0.15, -0.1) is 11.3 Å². The van der Waals surface area contributed by atoms with Gasteiger partial charge in [-0.3, -0.25) is 4.90 Å². The molecule has 16 heavy (non-hydrogen) atoms. The summed E-state index contributed by atoms with van der Waals surface area (Å²) in [6.45, 7) is 6.48. The molecule has 0 bridgehead atoms. The van der Waals surface area contributed by atoms with Gasteiger partial charge in [0.05, 0.1) is 12.7 Å². The van der Waals surface area contributed by atoms with Gasteiger partial charge in [0.15, 0.2) is 0 Å². The van der Waals surface area contributed by atoms with Crippen LogP contribution in [-0.2, 0) is 6.54 Å². The van der Waals surface area contributed by atoms with Gasteiger partial charge >= 0.3 is 0 Å². The topological polar surface area (TPSA) is 28.2 Å². The Morgan fingerprint density at radius 2 is 2.56 bits per heavy atom. The number of thiazole rings is 1. The van der Waals surface area contributed by atoms with E-state index in [0.717, 1.165) is 29.0 Å². The standard InChI is InChI=1S/C11H18ClN3S/c1-2-15(7-9-4-3-5-13-9)8-11-14-6-10(12)16-11/h6,9,13H,2-5,7-8H2,1H3. The molecule has 5 heteroatoms. The number of hydrogen-bond donors (Lipinski definition) is 1. The molecule has 0 saturated carbocycles. The fraction of sp³-hybridized carbons (Fsp3) is 0.727. The third-order valence-electron chi connectivity index (χ3n) is 2.97. The Hall–Kier alpha value is -0.160. The van der Waals surface area contributed by atoms with E-state index in [1.165, 1.54) is 19.4 Å². The van der Waals surface area contributed by atoms with E-state index in [1.54, 1.807) is 17.5 Å². The molecule has 0 aromatic carbocycles. The molecule has 0 aliphatic carbocycles. The molecule has 90 valence electrons. The first-order valence-corrected chi connectivity index (χ1v) is 7.03. The van der Waals surface area contributed by atoms with Gasteiger partial charge in [0, 0.05) is 12.6 Å². The highest BCUT2D eigenvalue weighted by Crippen LogP contribution is 2.20. The molecule has 3 nitrogen and oxygen atoms in total. The van der Waals surface area contributed by atoms with Crippen LogP contribution in [0.25, 0.3) is 0 Å². The first-order chi connectivity index (χ1) is 7.78. The number of likely N-dealkylation sites (N-methyl/N-ethyl adjacent to an activating group) is 1.